The van der Waals surface area contributed by atoms with Crippen LogP contribution in [0.1, 0.15) is 11.1 Å². The lowest BCUT2D eigenvalue weighted by molar-refractivity contribution is -0.384. The fourth-order valence-electron chi connectivity index (χ4n) is 2.19. The molecule has 0 spiro atoms. The van der Waals surface area contributed by atoms with Crippen molar-refractivity contribution in [2.75, 3.05) is 12.8 Å². The van der Waals surface area contributed by atoms with E-state index < -0.39 is 4.92 Å². The van der Waals surface area contributed by atoms with Crippen LogP contribution in [0.2, 0.25) is 0 Å². The molecular formula is C15H16FN3O2. The maximum Gasteiger partial charge on any atom is 0.292 e. The number of hydrogen-bond acceptors (Lipinski definition) is 4. The second-order valence-corrected chi connectivity index (χ2v) is 4.91. The van der Waals surface area contributed by atoms with Crippen LogP contribution in [-0.2, 0) is 13.1 Å². The average molecular weight is 289 g/mol. The van der Waals surface area contributed by atoms with Gasteiger partial charge >= 0.3 is 0 Å². The Bertz CT molecular complexity index is 661. The molecule has 0 aliphatic rings. The number of hydrogen-bond donors (Lipinski definition) is 1. The number of nitro benzene ring substituents is 1. The number of nitrogens with zero attached hydrogens (tertiary/aromatic N) is 2. The van der Waals surface area contributed by atoms with Gasteiger partial charge in [-0.15, -0.1) is 0 Å². The number of para-hydroxylation sites is 1. The molecule has 0 fully saturated rings. The van der Waals surface area contributed by atoms with Gasteiger partial charge in [-0.2, -0.15) is 0 Å². The molecule has 0 atom stereocenters. The molecule has 0 saturated heterocycles. The summed E-state index contributed by atoms with van der Waals surface area (Å²) in [7, 11) is 1.85. The Kier molecular flexibility index (Phi) is 4.49. The van der Waals surface area contributed by atoms with Crippen LogP contribution < -0.4 is 5.73 Å². The Hall–Kier alpha value is -2.47. The zero-order valence-electron chi connectivity index (χ0n) is 11.6. The zero-order valence-corrected chi connectivity index (χ0v) is 11.6. The lowest BCUT2D eigenvalue weighted by atomic mass is 10.1. The lowest BCUT2D eigenvalue weighted by Crippen LogP contribution is -2.18. The molecule has 0 amide bonds. The smallest absolute Gasteiger partial charge is 0.292 e. The summed E-state index contributed by atoms with van der Waals surface area (Å²) < 4.78 is 13.1. The van der Waals surface area contributed by atoms with Gasteiger partial charge in [0.25, 0.3) is 5.69 Å². The van der Waals surface area contributed by atoms with Crippen molar-refractivity contribution < 1.29 is 9.31 Å². The Morgan fingerprint density at radius 3 is 2.62 bits per heavy atom. The summed E-state index contributed by atoms with van der Waals surface area (Å²) >= 11 is 0. The highest BCUT2D eigenvalue weighted by Gasteiger charge is 2.15. The third kappa shape index (κ3) is 3.76. The quantitative estimate of drug-likeness (QED) is 0.522. The SMILES string of the molecule is CN(Cc1cccc(F)c1)Cc1cccc([N+](=O)[O-])c1N. The molecule has 2 aromatic carbocycles. The average Bonchev–Trinajstić information content (AvgIpc) is 2.40. The summed E-state index contributed by atoms with van der Waals surface area (Å²) in [4.78, 5) is 12.3. The maximum atomic E-state index is 13.1. The van der Waals surface area contributed by atoms with Crippen LogP contribution in [-0.4, -0.2) is 16.9 Å². The first-order valence-electron chi connectivity index (χ1n) is 6.42. The summed E-state index contributed by atoms with van der Waals surface area (Å²) in [5.74, 6) is -0.282. The second kappa shape index (κ2) is 6.32. The van der Waals surface area contributed by atoms with Crippen molar-refractivity contribution in [1.82, 2.24) is 4.90 Å². The number of nitrogens with two attached hydrogens (primary N) is 1. The minimum Gasteiger partial charge on any atom is -0.393 e. The normalized spacial score (nSPS) is 10.8. The molecule has 110 valence electrons. The molecule has 0 aliphatic heterocycles. The molecule has 6 heteroatoms. The van der Waals surface area contributed by atoms with Gasteiger partial charge in [0, 0.05) is 19.2 Å². The molecular weight excluding hydrogens is 273 g/mol. The maximum absolute atomic E-state index is 13.1. The molecule has 2 N–H and O–H groups in total. The van der Waals surface area contributed by atoms with Crippen LogP contribution in [0, 0.1) is 15.9 Å². The van der Waals surface area contributed by atoms with Crippen molar-refractivity contribution in [2.24, 2.45) is 0 Å². The van der Waals surface area contributed by atoms with Crippen molar-refractivity contribution in [3.05, 3.63) is 69.5 Å². The fourth-order valence-corrected chi connectivity index (χ4v) is 2.19. The number of rotatable bonds is 5. The van der Waals surface area contributed by atoms with E-state index in [0.717, 1.165) is 5.56 Å². The largest absolute Gasteiger partial charge is 0.393 e. The van der Waals surface area contributed by atoms with E-state index in [1.165, 1.54) is 18.2 Å². The fraction of sp³-hybridized carbons (Fsp3) is 0.200. The van der Waals surface area contributed by atoms with E-state index in [1.807, 2.05) is 18.0 Å². The third-order valence-corrected chi connectivity index (χ3v) is 3.15. The van der Waals surface area contributed by atoms with Gasteiger partial charge in [0.1, 0.15) is 11.5 Å². The van der Waals surface area contributed by atoms with E-state index in [-0.39, 0.29) is 17.2 Å². The van der Waals surface area contributed by atoms with Gasteiger partial charge in [-0.1, -0.05) is 24.3 Å². The molecule has 2 aromatic rings. The van der Waals surface area contributed by atoms with Crippen molar-refractivity contribution in [3.63, 3.8) is 0 Å². The first kappa shape index (κ1) is 14.9. The number of nitro groups is 1. The highest BCUT2D eigenvalue weighted by molar-refractivity contribution is 5.62. The summed E-state index contributed by atoms with van der Waals surface area (Å²) in [6.45, 7) is 0.976. The molecule has 0 unspecified atom stereocenters. The van der Waals surface area contributed by atoms with E-state index in [0.29, 0.717) is 18.7 Å². The van der Waals surface area contributed by atoms with Crippen LogP contribution in [0.5, 0.6) is 0 Å². The zero-order chi connectivity index (χ0) is 15.4. The van der Waals surface area contributed by atoms with Crippen LogP contribution >= 0.6 is 0 Å². The van der Waals surface area contributed by atoms with Gasteiger partial charge in [0.05, 0.1) is 4.92 Å². The van der Waals surface area contributed by atoms with Crippen LogP contribution in [0.25, 0.3) is 0 Å². The molecule has 0 heterocycles. The Morgan fingerprint density at radius 1 is 1.24 bits per heavy atom. The van der Waals surface area contributed by atoms with E-state index >= 15 is 0 Å². The molecule has 0 radical (unpaired) electrons. The Morgan fingerprint density at radius 2 is 1.95 bits per heavy atom. The minimum absolute atomic E-state index is 0.0911. The first-order valence-corrected chi connectivity index (χ1v) is 6.42. The van der Waals surface area contributed by atoms with Crippen molar-refractivity contribution >= 4 is 11.4 Å². The Labute approximate surface area is 122 Å². The summed E-state index contributed by atoms with van der Waals surface area (Å²) in [5.41, 5.74) is 7.42. The number of nitrogen functional groups attached to an aromatic ring is 1. The number of anilines is 1. The topological polar surface area (TPSA) is 72.4 Å². The van der Waals surface area contributed by atoms with Gasteiger partial charge in [-0.25, -0.2) is 4.39 Å². The van der Waals surface area contributed by atoms with Gasteiger partial charge in [-0.05, 0) is 30.3 Å². The molecule has 2 rings (SSSR count). The molecule has 0 aromatic heterocycles. The van der Waals surface area contributed by atoms with Gasteiger partial charge < -0.3 is 5.73 Å². The minimum atomic E-state index is -0.495. The Balaban J connectivity index is 2.11. The summed E-state index contributed by atoms with van der Waals surface area (Å²) in [5, 5.41) is 10.9. The number of halogens is 1. The standard InChI is InChI=1S/C15H16FN3O2/c1-18(9-11-4-2-6-13(16)8-11)10-12-5-3-7-14(15(12)17)19(20)21/h2-8H,9-10,17H2,1H3. The molecule has 0 aliphatic carbocycles. The van der Waals surface area contributed by atoms with E-state index in [9.17, 15) is 14.5 Å². The van der Waals surface area contributed by atoms with Crippen LogP contribution in [0.3, 0.4) is 0 Å². The predicted molar refractivity (Wildman–Crippen MR) is 79.1 cm³/mol. The highest BCUT2D eigenvalue weighted by Crippen LogP contribution is 2.25. The number of benzene rings is 2. The second-order valence-electron chi connectivity index (χ2n) is 4.91. The van der Waals surface area contributed by atoms with E-state index in [2.05, 4.69) is 0 Å². The summed E-state index contributed by atoms with van der Waals surface area (Å²) in [6, 6.07) is 11.1. The van der Waals surface area contributed by atoms with Gasteiger partial charge in [-0.3, -0.25) is 15.0 Å². The molecule has 0 saturated carbocycles. The summed E-state index contributed by atoms with van der Waals surface area (Å²) in [6.07, 6.45) is 0. The van der Waals surface area contributed by atoms with Crippen molar-refractivity contribution in [1.29, 1.82) is 0 Å². The highest BCUT2D eigenvalue weighted by atomic mass is 19.1. The van der Waals surface area contributed by atoms with Gasteiger partial charge in [0.2, 0.25) is 0 Å². The van der Waals surface area contributed by atoms with Crippen molar-refractivity contribution in [3.8, 4) is 0 Å². The molecule has 0 bridgehead atoms. The van der Waals surface area contributed by atoms with Crippen LogP contribution in [0.15, 0.2) is 42.5 Å². The third-order valence-electron chi connectivity index (χ3n) is 3.15. The predicted octanol–water partition coefficient (Wildman–Crippen LogP) is 2.95. The molecule has 21 heavy (non-hydrogen) atoms. The monoisotopic (exact) mass is 289 g/mol. The van der Waals surface area contributed by atoms with E-state index in [1.54, 1.807) is 18.2 Å². The lowest BCUT2D eigenvalue weighted by Gasteiger charge is -2.18. The van der Waals surface area contributed by atoms with Crippen LogP contribution in [0.4, 0.5) is 15.8 Å². The van der Waals surface area contributed by atoms with Crippen molar-refractivity contribution in [2.45, 2.75) is 13.1 Å². The van der Waals surface area contributed by atoms with E-state index in [4.69, 9.17) is 5.73 Å². The van der Waals surface area contributed by atoms with Gasteiger partial charge in [0.15, 0.2) is 0 Å². The molecule has 5 nitrogen and oxygen atoms in total. The first-order chi connectivity index (χ1) is 9.97.